The molecule has 6 nitrogen and oxygen atoms in total. The molecule has 0 atom stereocenters. The normalized spacial score (nSPS) is 20.2. The summed E-state index contributed by atoms with van der Waals surface area (Å²) in [6.45, 7) is 6.41. The topological polar surface area (TPSA) is 67.4 Å². The van der Waals surface area contributed by atoms with Gasteiger partial charge in [-0.05, 0) is 16.8 Å². The first-order chi connectivity index (χ1) is 12.7. The summed E-state index contributed by atoms with van der Waals surface area (Å²) in [5, 5.41) is 15.5. The van der Waals surface area contributed by atoms with Gasteiger partial charge in [-0.15, -0.1) is 0 Å². The van der Waals surface area contributed by atoms with Gasteiger partial charge in [0.25, 0.3) is 5.91 Å². The van der Waals surface area contributed by atoms with Gasteiger partial charge in [0.15, 0.2) is 6.54 Å². The first-order valence-electron chi connectivity index (χ1n) is 9.29. The van der Waals surface area contributed by atoms with E-state index in [-0.39, 0.29) is 5.91 Å². The van der Waals surface area contributed by atoms with Gasteiger partial charge in [-0.3, -0.25) is 4.79 Å². The molecule has 4 N–H and O–H groups in total. The number of ether oxygens (including phenoxy) is 1. The predicted octanol–water partition coefficient (Wildman–Crippen LogP) is -1.41. The number of amides is 1. The molecule has 3 rings (SSSR count). The Kier molecular flexibility index (Phi) is 6.44. The molecule has 0 aliphatic carbocycles. The molecule has 6 heteroatoms. The molecule has 2 aromatic carbocycles. The number of hydrogen-bond donors (Lipinski definition) is 4. The SMILES string of the molecule is COCCNC(=O)C[NH+]1CC[NH+](Cc2c(O)ccc3ccccc23)CC1. The Morgan fingerprint density at radius 1 is 1.12 bits per heavy atom. The molecule has 0 radical (unpaired) electrons. The monoisotopic (exact) mass is 359 g/mol. The Balaban J connectivity index is 1.53. The van der Waals surface area contributed by atoms with E-state index in [1.165, 1.54) is 9.80 Å². The zero-order chi connectivity index (χ0) is 18.4. The fourth-order valence-corrected chi connectivity index (χ4v) is 3.65. The highest BCUT2D eigenvalue weighted by Gasteiger charge is 2.26. The van der Waals surface area contributed by atoms with E-state index >= 15 is 0 Å². The van der Waals surface area contributed by atoms with E-state index in [0.29, 0.717) is 25.4 Å². The van der Waals surface area contributed by atoms with Crippen molar-refractivity contribution in [2.24, 2.45) is 0 Å². The average molecular weight is 359 g/mol. The Labute approximate surface area is 154 Å². The standard InChI is InChI=1S/C20H27N3O3/c1-26-13-8-21-20(25)15-23-11-9-22(10-12-23)14-18-17-5-3-2-4-16(17)6-7-19(18)24/h2-7,24H,8-15H2,1H3,(H,21,25)/p+2. The average Bonchev–Trinajstić information content (AvgIpc) is 2.66. The molecule has 1 aliphatic heterocycles. The van der Waals surface area contributed by atoms with E-state index in [1.807, 2.05) is 18.2 Å². The molecule has 0 unspecified atom stereocenters. The number of carbonyl (C=O) groups excluding carboxylic acids is 1. The second-order valence-electron chi connectivity index (χ2n) is 6.98. The van der Waals surface area contributed by atoms with Crippen molar-refractivity contribution >= 4 is 16.7 Å². The summed E-state index contributed by atoms with van der Waals surface area (Å²) < 4.78 is 4.95. The Bertz CT molecular complexity index is 742. The van der Waals surface area contributed by atoms with Gasteiger partial charge in [0, 0.05) is 13.7 Å². The van der Waals surface area contributed by atoms with Crippen molar-refractivity contribution in [3.63, 3.8) is 0 Å². The van der Waals surface area contributed by atoms with E-state index in [1.54, 1.807) is 13.2 Å². The number of methoxy groups -OCH3 is 1. The minimum atomic E-state index is 0.0900. The molecule has 1 amide bonds. The van der Waals surface area contributed by atoms with E-state index in [2.05, 4.69) is 17.4 Å². The van der Waals surface area contributed by atoms with Crippen molar-refractivity contribution in [1.82, 2.24) is 5.32 Å². The highest BCUT2D eigenvalue weighted by atomic mass is 16.5. The number of carbonyl (C=O) groups is 1. The lowest BCUT2D eigenvalue weighted by molar-refractivity contribution is -1.02. The van der Waals surface area contributed by atoms with Gasteiger partial charge in [0.05, 0.1) is 12.2 Å². The lowest BCUT2D eigenvalue weighted by atomic mass is 10.0. The minimum absolute atomic E-state index is 0.0900. The van der Waals surface area contributed by atoms with Gasteiger partial charge in [0.2, 0.25) is 0 Å². The number of piperazine rings is 1. The number of aromatic hydroxyl groups is 1. The summed E-state index contributed by atoms with van der Waals surface area (Å²) >= 11 is 0. The Hall–Kier alpha value is -2.15. The molecule has 1 heterocycles. The quantitative estimate of drug-likeness (QED) is 0.460. The molecule has 1 fully saturated rings. The number of benzene rings is 2. The number of rotatable bonds is 7. The molecule has 0 aromatic heterocycles. The zero-order valence-electron chi connectivity index (χ0n) is 15.4. The number of quaternary nitrogens is 2. The summed E-state index contributed by atoms with van der Waals surface area (Å²) in [6, 6.07) is 12.0. The molecule has 1 saturated heterocycles. The fraction of sp³-hybridized carbons (Fsp3) is 0.450. The molecule has 1 aliphatic rings. The van der Waals surface area contributed by atoms with Crippen LogP contribution in [0.25, 0.3) is 10.8 Å². The van der Waals surface area contributed by atoms with Crippen molar-refractivity contribution in [2.45, 2.75) is 6.54 Å². The lowest BCUT2D eigenvalue weighted by Crippen LogP contribution is -3.28. The fourth-order valence-electron chi connectivity index (χ4n) is 3.65. The number of phenols is 1. The second kappa shape index (κ2) is 8.98. The van der Waals surface area contributed by atoms with Crippen LogP contribution < -0.4 is 15.1 Å². The third kappa shape index (κ3) is 4.72. The van der Waals surface area contributed by atoms with E-state index in [4.69, 9.17) is 4.74 Å². The maximum Gasteiger partial charge on any atom is 0.275 e. The van der Waals surface area contributed by atoms with Crippen molar-refractivity contribution in [2.75, 3.05) is 53.0 Å². The van der Waals surface area contributed by atoms with Crippen molar-refractivity contribution in [3.8, 4) is 5.75 Å². The molecule has 0 spiro atoms. The summed E-state index contributed by atoms with van der Waals surface area (Å²) in [6.07, 6.45) is 0. The maximum atomic E-state index is 11.9. The predicted molar refractivity (Wildman–Crippen MR) is 100 cm³/mol. The Morgan fingerprint density at radius 3 is 2.62 bits per heavy atom. The summed E-state index contributed by atoms with van der Waals surface area (Å²) in [5.41, 5.74) is 1.03. The number of nitrogens with one attached hydrogen (secondary N) is 3. The maximum absolute atomic E-state index is 11.9. The van der Waals surface area contributed by atoms with Crippen molar-refractivity contribution in [1.29, 1.82) is 0 Å². The molecule has 0 saturated carbocycles. The van der Waals surface area contributed by atoms with Crippen molar-refractivity contribution < 1.29 is 24.4 Å². The van der Waals surface area contributed by atoms with Crippen LogP contribution in [0.5, 0.6) is 5.75 Å². The van der Waals surface area contributed by atoms with Crippen LogP contribution in [0.3, 0.4) is 0 Å². The van der Waals surface area contributed by atoms with E-state index in [0.717, 1.165) is 49.1 Å². The van der Waals surface area contributed by atoms with Crippen LogP contribution in [0.15, 0.2) is 36.4 Å². The lowest BCUT2D eigenvalue weighted by Gasteiger charge is -2.29. The van der Waals surface area contributed by atoms with Crippen LogP contribution in [0.4, 0.5) is 0 Å². The third-order valence-electron chi connectivity index (χ3n) is 5.15. The highest BCUT2D eigenvalue weighted by molar-refractivity contribution is 5.87. The van der Waals surface area contributed by atoms with Crippen molar-refractivity contribution in [3.05, 3.63) is 42.0 Å². The number of phenolic OH excluding ortho intramolecular Hbond substituents is 1. The second-order valence-corrected chi connectivity index (χ2v) is 6.98. The highest BCUT2D eigenvalue weighted by Crippen LogP contribution is 2.26. The summed E-state index contributed by atoms with van der Waals surface area (Å²) in [4.78, 5) is 14.7. The number of fused-ring (bicyclic) bond motifs is 1. The van der Waals surface area contributed by atoms with E-state index in [9.17, 15) is 9.90 Å². The van der Waals surface area contributed by atoms with Crippen LogP contribution in [-0.2, 0) is 16.1 Å². The molecule has 140 valence electrons. The largest absolute Gasteiger partial charge is 0.507 e. The van der Waals surface area contributed by atoms with Crippen LogP contribution in [0.1, 0.15) is 5.56 Å². The number of hydrogen-bond acceptors (Lipinski definition) is 3. The van der Waals surface area contributed by atoms with Gasteiger partial charge < -0.3 is 25.0 Å². The molecule has 0 bridgehead atoms. The minimum Gasteiger partial charge on any atom is -0.507 e. The first-order valence-corrected chi connectivity index (χ1v) is 9.29. The smallest absolute Gasteiger partial charge is 0.275 e. The molecule has 26 heavy (non-hydrogen) atoms. The first kappa shape index (κ1) is 18.6. The third-order valence-corrected chi connectivity index (χ3v) is 5.15. The van der Waals surface area contributed by atoms with Crippen LogP contribution in [0, 0.1) is 0 Å². The zero-order valence-corrected chi connectivity index (χ0v) is 15.4. The van der Waals surface area contributed by atoms with Crippen LogP contribution in [0.2, 0.25) is 0 Å². The summed E-state index contributed by atoms with van der Waals surface area (Å²) in [5.74, 6) is 0.468. The van der Waals surface area contributed by atoms with Gasteiger partial charge in [-0.1, -0.05) is 30.3 Å². The molecule has 2 aromatic rings. The molecular formula is C20H29N3O3+2. The Morgan fingerprint density at radius 2 is 1.85 bits per heavy atom. The molecular weight excluding hydrogens is 330 g/mol. The van der Waals surface area contributed by atoms with Crippen LogP contribution in [-0.4, -0.2) is 64.0 Å². The van der Waals surface area contributed by atoms with E-state index < -0.39 is 0 Å². The van der Waals surface area contributed by atoms with Gasteiger partial charge in [-0.25, -0.2) is 0 Å². The summed E-state index contributed by atoms with van der Waals surface area (Å²) in [7, 11) is 1.63. The van der Waals surface area contributed by atoms with Gasteiger partial charge in [-0.2, -0.15) is 0 Å². The van der Waals surface area contributed by atoms with Crippen LogP contribution >= 0.6 is 0 Å². The van der Waals surface area contributed by atoms with Gasteiger partial charge in [0.1, 0.15) is 38.5 Å². The van der Waals surface area contributed by atoms with Gasteiger partial charge >= 0.3 is 0 Å².